The van der Waals surface area contributed by atoms with Crippen LogP contribution in [0.25, 0.3) is 0 Å². The molecule has 0 bridgehead atoms. The van der Waals surface area contributed by atoms with Crippen molar-refractivity contribution in [2.24, 2.45) is 4.99 Å². The van der Waals surface area contributed by atoms with Gasteiger partial charge in [-0.1, -0.05) is 12.2 Å². The van der Waals surface area contributed by atoms with Crippen LogP contribution in [0.3, 0.4) is 0 Å². The Hall–Kier alpha value is -1.60. The lowest BCUT2D eigenvalue weighted by molar-refractivity contribution is 0.00578. The van der Waals surface area contributed by atoms with Crippen LogP contribution in [0, 0.1) is 0 Å². The first-order valence-corrected chi connectivity index (χ1v) is 9.43. The Kier molecular flexibility index (Phi) is 5.70. The molecule has 2 aliphatic rings. The van der Waals surface area contributed by atoms with E-state index in [4.69, 9.17) is 14.0 Å². The molecule has 150 valence electrons. The molecule has 0 aromatic heterocycles. The summed E-state index contributed by atoms with van der Waals surface area (Å²) in [4.78, 5) is 16.8. The van der Waals surface area contributed by atoms with E-state index in [1.807, 2.05) is 74.5 Å². The number of carbonyl (C=O) groups is 1. The summed E-state index contributed by atoms with van der Waals surface area (Å²) in [6.45, 7) is 17.4. The number of amides is 1. The second kappa shape index (κ2) is 7.10. The van der Waals surface area contributed by atoms with Gasteiger partial charge < -0.3 is 19.4 Å². The molecule has 0 spiro atoms. The number of alkyl carbamates (subject to hydrolysis) is 1. The summed E-state index contributed by atoms with van der Waals surface area (Å²) in [6.07, 6.45) is 5.91. The largest absolute Gasteiger partial charge is 0.496 e. The molecule has 0 atom stereocenters. The van der Waals surface area contributed by atoms with E-state index in [9.17, 15) is 4.79 Å². The molecule has 1 amide bonds. The van der Waals surface area contributed by atoms with E-state index in [1.165, 1.54) is 0 Å². The Morgan fingerprint density at radius 3 is 2.22 bits per heavy atom. The van der Waals surface area contributed by atoms with Crippen LogP contribution in [-0.2, 0) is 14.0 Å². The molecule has 6 nitrogen and oxygen atoms in total. The standard InChI is InChI=1S/C20H33BN2O4/c1-17(2,3)25-16(24)23-18(4,5)15-12-10-11-14(13-22-15)21-26-19(6,7)20(8,9)27-21/h10-11,13H,12H2,1-9H3,(H,23,24). The van der Waals surface area contributed by atoms with Gasteiger partial charge >= 0.3 is 13.2 Å². The van der Waals surface area contributed by atoms with Gasteiger partial charge in [-0.05, 0) is 62.3 Å². The molecule has 0 aromatic carbocycles. The summed E-state index contributed by atoms with van der Waals surface area (Å²) in [5, 5.41) is 2.90. The van der Waals surface area contributed by atoms with E-state index in [-0.39, 0.29) is 0 Å². The smallest absolute Gasteiger partial charge is 0.444 e. The van der Waals surface area contributed by atoms with Crippen molar-refractivity contribution in [3.63, 3.8) is 0 Å². The van der Waals surface area contributed by atoms with Crippen LogP contribution >= 0.6 is 0 Å². The molecule has 1 fully saturated rings. The lowest BCUT2D eigenvalue weighted by Gasteiger charge is -2.32. The monoisotopic (exact) mass is 376 g/mol. The van der Waals surface area contributed by atoms with Crippen molar-refractivity contribution >= 4 is 18.9 Å². The highest BCUT2D eigenvalue weighted by Crippen LogP contribution is 2.39. The first kappa shape index (κ1) is 21.7. The summed E-state index contributed by atoms with van der Waals surface area (Å²) in [5.41, 5.74) is -0.303. The number of aliphatic imine (C=N–C) groups is 1. The topological polar surface area (TPSA) is 69.2 Å². The highest BCUT2D eigenvalue weighted by atomic mass is 16.7. The number of hydrogen-bond acceptors (Lipinski definition) is 5. The number of rotatable bonds is 3. The van der Waals surface area contributed by atoms with Crippen LogP contribution in [0.4, 0.5) is 4.79 Å². The van der Waals surface area contributed by atoms with Crippen molar-refractivity contribution < 1.29 is 18.8 Å². The van der Waals surface area contributed by atoms with Gasteiger partial charge in [0.25, 0.3) is 0 Å². The van der Waals surface area contributed by atoms with Crippen LogP contribution in [-0.4, -0.2) is 41.3 Å². The minimum Gasteiger partial charge on any atom is -0.444 e. The maximum atomic E-state index is 12.2. The van der Waals surface area contributed by atoms with E-state index < -0.39 is 35.6 Å². The number of ether oxygens (including phenoxy) is 1. The maximum Gasteiger partial charge on any atom is 0.496 e. The molecule has 2 rings (SSSR count). The number of nitrogens with zero attached hydrogens (tertiary/aromatic N) is 1. The van der Waals surface area contributed by atoms with Gasteiger partial charge in [-0.15, -0.1) is 0 Å². The number of nitrogens with one attached hydrogen (secondary N) is 1. The van der Waals surface area contributed by atoms with Crippen LogP contribution in [0.2, 0.25) is 0 Å². The molecular formula is C20H33BN2O4. The van der Waals surface area contributed by atoms with E-state index in [0.29, 0.717) is 6.42 Å². The summed E-state index contributed by atoms with van der Waals surface area (Å²) in [7, 11) is -0.462. The van der Waals surface area contributed by atoms with Gasteiger partial charge in [0.2, 0.25) is 0 Å². The summed E-state index contributed by atoms with van der Waals surface area (Å²) in [6, 6.07) is 0. The van der Waals surface area contributed by atoms with E-state index in [0.717, 1.165) is 11.2 Å². The second-order valence-electron chi connectivity index (χ2n) is 9.65. The molecular weight excluding hydrogens is 343 g/mol. The normalized spacial score (nSPS) is 22.0. The third-order valence-corrected chi connectivity index (χ3v) is 5.05. The maximum absolute atomic E-state index is 12.2. The Morgan fingerprint density at radius 1 is 1.15 bits per heavy atom. The van der Waals surface area contributed by atoms with E-state index in [2.05, 4.69) is 10.3 Å². The first-order valence-electron chi connectivity index (χ1n) is 9.43. The fourth-order valence-electron chi connectivity index (χ4n) is 2.72. The number of allylic oxidation sites excluding steroid dienone is 3. The van der Waals surface area contributed by atoms with Gasteiger partial charge in [-0.3, -0.25) is 4.99 Å². The Labute approximate surface area is 163 Å². The summed E-state index contributed by atoms with van der Waals surface area (Å²) < 4.78 is 17.6. The van der Waals surface area contributed by atoms with Crippen molar-refractivity contribution in [2.75, 3.05) is 0 Å². The van der Waals surface area contributed by atoms with E-state index >= 15 is 0 Å². The van der Waals surface area contributed by atoms with Crippen LogP contribution in [0.1, 0.15) is 68.7 Å². The highest BCUT2D eigenvalue weighted by molar-refractivity contribution is 6.55. The molecule has 1 saturated heterocycles. The van der Waals surface area contributed by atoms with Gasteiger partial charge in [0, 0.05) is 23.8 Å². The fraction of sp³-hybridized carbons (Fsp3) is 0.700. The predicted molar refractivity (Wildman–Crippen MR) is 109 cm³/mol. The average molecular weight is 376 g/mol. The third kappa shape index (κ3) is 5.23. The quantitative estimate of drug-likeness (QED) is 0.750. The van der Waals surface area contributed by atoms with Crippen molar-refractivity contribution in [3.05, 3.63) is 23.8 Å². The molecule has 0 aromatic rings. The van der Waals surface area contributed by atoms with E-state index in [1.54, 1.807) is 6.20 Å². The minimum atomic E-state index is -0.644. The zero-order chi connectivity index (χ0) is 20.7. The second-order valence-corrected chi connectivity index (χ2v) is 9.65. The first-order chi connectivity index (χ1) is 12.1. The van der Waals surface area contributed by atoms with Gasteiger partial charge in [-0.25, -0.2) is 4.79 Å². The average Bonchev–Trinajstić information content (AvgIpc) is 2.63. The van der Waals surface area contributed by atoms with Crippen molar-refractivity contribution in [2.45, 2.75) is 91.1 Å². The lowest BCUT2D eigenvalue weighted by Crippen LogP contribution is -2.51. The van der Waals surface area contributed by atoms with Gasteiger partial charge in [-0.2, -0.15) is 0 Å². The molecule has 0 unspecified atom stereocenters. The molecule has 2 heterocycles. The van der Waals surface area contributed by atoms with Gasteiger partial charge in [0.05, 0.1) is 16.7 Å². The Morgan fingerprint density at radius 2 is 1.70 bits per heavy atom. The highest BCUT2D eigenvalue weighted by Gasteiger charge is 2.52. The molecule has 1 N–H and O–H groups in total. The van der Waals surface area contributed by atoms with Gasteiger partial charge in [0.1, 0.15) is 5.60 Å². The third-order valence-electron chi connectivity index (χ3n) is 5.05. The summed E-state index contributed by atoms with van der Waals surface area (Å²) >= 11 is 0. The zero-order valence-corrected chi connectivity index (χ0v) is 18.1. The molecule has 7 heteroatoms. The predicted octanol–water partition coefficient (Wildman–Crippen LogP) is 4.21. The van der Waals surface area contributed by atoms with Crippen LogP contribution in [0.15, 0.2) is 28.8 Å². The molecule has 2 aliphatic heterocycles. The SMILES string of the molecule is CC(C)(C)OC(=O)NC(C)(C)C1=NC=C(B2OC(C)(C)C(C)(C)O2)C=CC1. The molecule has 27 heavy (non-hydrogen) atoms. The molecule has 0 aliphatic carbocycles. The van der Waals surface area contributed by atoms with Crippen LogP contribution < -0.4 is 5.32 Å². The minimum absolute atomic E-state index is 0.400. The lowest BCUT2D eigenvalue weighted by atomic mass is 9.78. The molecule has 0 radical (unpaired) electrons. The zero-order valence-electron chi connectivity index (χ0n) is 18.1. The van der Waals surface area contributed by atoms with Crippen LogP contribution in [0.5, 0.6) is 0 Å². The Balaban J connectivity index is 2.15. The number of hydrogen-bond donors (Lipinski definition) is 1. The van der Waals surface area contributed by atoms with Crippen molar-refractivity contribution in [1.29, 1.82) is 0 Å². The van der Waals surface area contributed by atoms with Crippen molar-refractivity contribution in [1.82, 2.24) is 5.32 Å². The fourth-order valence-corrected chi connectivity index (χ4v) is 2.72. The van der Waals surface area contributed by atoms with Crippen molar-refractivity contribution in [3.8, 4) is 0 Å². The van der Waals surface area contributed by atoms with Gasteiger partial charge in [0.15, 0.2) is 0 Å². The molecule has 0 saturated carbocycles. The summed E-state index contributed by atoms with van der Waals surface area (Å²) in [5.74, 6) is 0. The number of carbonyl (C=O) groups excluding carboxylic acids is 1. The Bertz CT molecular complexity index is 669.